The zero-order valence-corrected chi connectivity index (χ0v) is 11.3. The highest BCUT2D eigenvalue weighted by Gasteiger charge is 2.21. The number of aryl methyl sites for hydroxylation is 1. The molecule has 0 saturated heterocycles. The largest absolute Gasteiger partial charge is 0.398 e. The van der Waals surface area contributed by atoms with Crippen molar-refractivity contribution in [3.05, 3.63) is 53.1 Å². The summed E-state index contributed by atoms with van der Waals surface area (Å²) in [6, 6.07) is 6.86. The van der Waals surface area contributed by atoms with Crippen LogP contribution in [0.5, 0.6) is 0 Å². The van der Waals surface area contributed by atoms with Crippen LogP contribution in [0.3, 0.4) is 0 Å². The molecule has 0 heterocycles. The number of benzene rings is 2. The maximum absolute atomic E-state index is 13.6. The van der Waals surface area contributed by atoms with Crippen LogP contribution < -0.4 is 5.73 Å². The van der Waals surface area contributed by atoms with Gasteiger partial charge in [0.25, 0.3) is 0 Å². The quantitative estimate of drug-likeness (QED) is 0.855. The Kier molecular flexibility index (Phi) is 3.22. The molecule has 1 aliphatic carbocycles. The minimum atomic E-state index is -0.638. The molecule has 0 unspecified atom stereocenters. The molecule has 102 valence electrons. The lowest BCUT2D eigenvalue weighted by atomic mass is 10.1. The minimum absolute atomic E-state index is 0.0847. The van der Waals surface area contributed by atoms with E-state index in [1.807, 2.05) is 0 Å². The first-order chi connectivity index (χ1) is 9.54. The van der Waals surface area contributed by atoms with Gasteiger partial charge in [0.1, 0.15) is 11.6 Å². The summed E-state index contributed by atoms with van der Waals surface area (Å²) in [6.45, 7) is 0. The second-order valence-electron chi connectivity index (χ2n) is 4.65. The normalized spacial score (nSPS) is 13.6. The average molecular weight is 291 g/mol. The predicted octanol–water partition coefficient (Wildman–Crippen LogP) is 3.83. The number of rotatable bonds is 2. The lowest BCUT2D eigenvalue weighted by Gasteiger charge is -2.09. The Morgan fingerprint density at radius 2 is 1.85 bits per heavy atom. The number of nitrogens with two attached hydrogens (primary N) is 1. The maximum Gasteiger partial charge on any atom is 0.163 e. The van der Waals surface area contributed by atoms with Crippen molar-refractivity contribution < 1.29 is 13.6 Å². The summed E-state index contributed by atoms with van der Waals surface area (Å²) in [5, 5.41) is 0. The Labute approximate surface area is 119 Å². The Balaban J connectivity index is 1.99. The van der Waals surface area contributed by atoms with Gasteiger partial charge in [0.05, 0.1) is 0 Å². The maximum atomic E-state index is 13.6. The van der Waals surface area contributed by atoms with Crippen molar-refractivity contribution in [2.45, 2.75) is 22.6 Å². The van der Waals surface area contributed by atoms with E-state index in [4.69, 9.17) is 5.73 Å². The van der Waals surface area contributed by atoms with Crippen LogP contribution >= 0.6 is 11.8 Å². The predicted molar refractivity (Wildman–Crippen MR) is 74.0 cm³/mol. The molecule has 5 heteroatoms. The van der Waals surface area contributed by atoms with Gasteiger partial charge in [0.2, 0.25) is 0 Å². The van der Waals surface area contributed by atoms with Crippen LogP contribution in [0.4, 0.5) is 14.5 Å². The summed E-state index contributed by atoms with van der Waals surface area (Å²) in [4.78, 5) is 12.6. The molecule has 0 atom stereocenters. The molecule has 20 heavy (non-hydrogen) atoms. The molecule has 2 N–H and O–H groups in total. The monoisotopic (exact) mass is 291 g/mol. The second-order valence-corrected chi connectivity index (χ2v) is 5.73. The van der Waals surface area contributed by atoms with Gasteiger partial charge in [-0.2, -0.15) is 0 Å². The van der Waals surface area contributed by atoms with E-state index >= 15 is 0 Å². The Hall–Kier alpha value is -1.88. The number of hydrogen-bond donors (Lipinski definition) is 1. The van der Waals surface area contributed by atoms with E-state index < -0.39 is 11.6 Å². The highest BCUT2D eigenvalue weighted by Crippen LogP contribution is 2.37. The van der Waals surface area contributed by atoms with Crippen LogP contribution in [0, 0.1) is 11.6 Å². The molecule has 3 rings (SSSR count). The van der Waals surface area contributed by atoms with Gasteiger partial charge in [-0.15, -0.1) is 0 Å². The van der Waals surface area contributed by atoms with E-state index in [1.165, 1.54) is 12.1 Å². The average Bonchev–Trinajstić information content (AvgIpc) is 2.74. The number of fused-ring (bicyclic) bond motifs is 1. The summed E-state index contributed by atoms with van der Waals surface area (Å²) in [5.41, 5.74) is 8.04. The van der Waals surface area contributed by atoms with Crippen LogP contribution in [-0.4, -0.2) is 5.78 Å². The van der Waals surface area contributed by atoms with Gasteiger partial charge in [-0.25, -0.2) is 8.78 Å². The number of Topliss-reactive ketones (excluding diaryl/α,β-unsaturated/α-hetero) is 1. The summed E-state index contributed by atoms with van der Waals surface area (Å²) in [7, 11) is 0. The third kappa shape index (κ3) is 2.29. The zero-order chi connectivity index (χ0) is 14.3. The molecule has 2 nitrogen and oxygen atoms in total. The fourth-order valence-electron chi connectivity index (χ4n) is 2.26. The minimum Gasteiger partial charge on any atom is -0.398 e. The standard InChI is InChI=1S/C15H11F2NOS/c16-9-2-4-14(11(17)6-9)20-15-7-10-8(5-12(15)18)1-3-13(10)19/h2,4-7H,1,3,18H2. The second kappa shape index (κ2) is 4.90. The molecule has 0 aliphatic heterocycles. The molecule has 0 aromatic heterocycles. The summed E-state index contributed by atoms with van der Waals surface area (Å²) < 4.78 is 26.5. The third-order valence-corrected chi connectivity index (χ3v) is 4.40. The van der Waals surface area contributed by atoms with E-state index in [0.29, 0.717) is 29.0 Å². The number of anilines is 1. The van der Waals surface area contributed by atoms with Crippen molar-refractivity contribution in [2.24, 2.45) is 0 Å². The molecule has 0 radical (unpaired) electrons. The molecule has 0 fully saturated rings. The lowest BCUT2D eigenvalue weighted by molar-refractivity contribution is 0.0994. The van der Waals surface area contributed by atoms with Crippen LogP contribution in [0.25, 0.3) is 0 Å². The molecule has 1 aliphatic rings. The fraction of sp³-hybridized carbons (Fsp3) is 0.133. The highest BCUT2D eigenvalue weighted by molar-refractivity contribution is 7.99. The van der Waals surface area contributed by atoms with Gasteiger partial charge in [0.15, 0.2) is 5.78 Å². The van der Waals surface area contributed by atoms with Crippen molar-refractivity contribution in [2.75, 3.05) is 5.73 Å². The molecule has 0 saturated carbocycles. The number of hydrogen-bond acceptors (Lipinski definition) is 3. The smallest absolute Gasteiger partial charge is 0.163 e. The number of ketones is 1. The summed E-state index contributed by atoms with van der Waals surface area (Å²) >= 11 is 1.10. The number of nitrogen functional groups attached to an aromatic ring is 1. The van der Waals surface area contributed by atoms with Gasteiger partial charge in [-0.05, 0) is 36.2 Å². The Morgan fingerprint density at radius 3 is 2.60 bits per heavy atom. The van der Waals surface area contributed by atoms with Crippen LogP contribution in [0.15, 0.2) is 40.1 Å². The molecule has 0 spiro atoms. The van der Waals surface area contributed by atoms with E-state index in [9.17, 15) is 13.6 Å². The van der Waals surface area contributed by atoms with Crippen molar-refractivity contribution in [3.63, 3.8) is 0 Å². The van der Waals surface area contributed by atoms with E-state index in [2.05, 4.69) is 0 Å². The number of carbonyl (C=O) groups excluding carboxylic acids is 1. The lowest BCUT2D eigenvalue weighted by Crippen LogP contribution is -1.96. The molecular formula is C15H11F2NOS. The molecular weight excluding hydrogens is 280 g/mol. The van der Waals surface area contributed by atoms with Crippen LogP contribution in [0.1, 0.15) is 22.3 Å². The first kappa shape index (κ1) is 13.1. The van der Waals surface area contributed by atoms with E-state index in [1.54, 1.807) is 12.1 Å². The Bertz CT molecular complexity index is 715. The number of halogens is 2. The zero-order valence-electron chi connectivity index (χ0n) is 10.5. The molecule has 2 aromatic rings. The first-order valence-electron chi connectivity index (χ1n) is 6.13. The first-order valence-corrected chi connectivity index (χ1v) is 6.95. The van der Waals surface area contributed by atoms with Crippen molar-refractivity contribution in [3.8, 4) is 0 Å². The van der Waals surface area contributed by atoms with Crippen molar-refractivity contribution in [1.82, 2.24) is 0 Å². The van der Waals surface area contributed by atoms with Gasteiger partial charge in [-0.3, -0.25) is 4.79 Å². The topological polar surface area (TPSA) is 43.1 Å². The van der Waals surface area contributed by atoms with Crippen LogP contribution in [0.2, 0.25) is 0 Å². The third-order valence-electron chi connectivity index (χ3n) is 3.27. The highest BCUT2D eigenvalue weighted by atomic mass is 32.2. The van der Waals surface area contributed by atoms with Crippen LogP contribution in [-0.2, 0) is 6.42 Å². The van der Waals surface area contributed by atoms with Crippen molar-refractivity contribution >= 4 is 23.2 Å². The van der Waals surface area contributed by atoms with Gasteiger partial charge < -0.3 is 5.73 Å². The van der Waals surface area contributed by atoms with Gasteiger partial charge >= 0.3 is 0 Å². The van der Waals surface area contributed by atoms with Gasteiger partial charge in [-0.1, -0.05) is 11.8 Å². The van der Waals surface area contributed by atoms with Crippen molar-refractivity contribution in [1.29, 1.82) is 0 Å². The molecule has 0 amide bonds. The van der Waals surface area contributed by atoms with Gasteiger partial charge in [0, 0.05) is 33.5 Å². The number of carbonyl (C=O) groups is 1. The van der Waals surface area contributed by atoms with E-state index in [0.717, 1.165) is 23.4 Å². The Morgan fingerprint density at radius 1 is 1.05 bits per heavy atom. The fourth-order valence-corrected chi connectivity index (χ4v) is 3.14. The van der Waals surface area contributed by atoms with E-state index in [-0.39, 0.29) is 10.7 Å². The summed E-state index contributed by atoms with van der Waals surface area (Å²) in [6.07, 6.45) is 1.20. The molecule has 2 aromatic carbocycles. The molecule has 0 bridgehead atoms. The summed E-state index contributed by atoms with van der Waals surface area (Å²) in [5.74, 6) is -1.17. The SMILES string of the molecule is Nc1cc2c(cc1Sc1ccc(F)cc1F)C(=O)CC2.